The van der Waals surface area contributed by atoms with Crippen LogP contribution in [-0.2, 0) is 9.59 Å². The predicted molar refractivity (Wildman–Crippen MR) is 78.1 cm³/mol. The molecule has 3 heteroatoms. The summed E-state index contributed by atoms with van der Waals surface area (Å²) >= 11 is 0. The molecule has 0 aromatic rings. The average molecular weight is 270 g/mol. The number of carboxylic acid groups (broad SMARTS) is 1. The second kappa shape index (κ2) is 9.99. The number of aliphatic carboxylic acids is 1. The Hall–Kier alpha value is -0.860. The van der Waals surface area contributed by atoms with Gasteiger partial charge >= 0.3 is 5.97 Å². The zero-order chi connectivity index (χ0) is 14.8. The van der Waals surface area contributed by atoms with Crippen molar-refractivity contribution in [3.8, 4) is 0 Å². The molecule has 0 aromatic carbocycles. The van der Waals surface area contributed by atoms with Gasteiger partial charge in [-0.05, 0) is 24.7 Å². The number of carbonyl (C=O) groups is 2. The van der Waals surface area contributed by atoms with Gasteiger partial charge < -0.3 is 5.11 Å². The van der Waals surface area contributed by atoms with Crippen LogP contribution >= 0.6 is 0 Å². The third-order valence-electron chi connectivity index (χ3n) is 3.45. The first kappa shape index (κ1) is 18.1. The highest BCUT2D eigenvalue weighted by molar-refractivity contribution is 5.95. The van der Waals surface area contributed by atoms with Crippen LogP contribution in [0.25, 0.3) is 0 Å². The first-order chi connectivity index (χ1) is 8.82. The molecule has 0 amide bonds. The third-order valence-corrected chi connectivity index (χ3v) is 3.45. The number of hydrogen-bond acceptors (Lipinski definition) is 2. The molecular formula is C16H30O3. The molecule has 0 saturated carbocycles. The predicted octanol–water partition coefficient (Wildman–Crippen LogP) is 4.30. The van der Waals surface area contributed by atoms with E-state index in [4.69, 9.17) is 5.11 Å². The molecule has 0 unspecified atom stereocenters. The molecule has 0 bridgehead atoms. The summed E-state index contributed by atoms with van der Waals surface area (Å²) in [6.07, 6.45) is 5.66. The lowest BCUT2D eigenvalue weighted by atomic mass is 9.88. The summed E-state index contributed by atoms with van der Waals surface area (Å²) in [7, 11) is 0. The zero-order valence-corrected chi connectivity index (χ0v) is 12.9. The fourth-order valence-electron chi connectivity index (χ4n) is 2.30. The number of Topliss-reactive ketones (excluding diaryl/α,β-unsaturated/α-hetero) is 1. The zero-order valence-electron chi connectivity index (χ0n) is 12.9. The van der Waals surface area contributed by atoms with Gasteiger partial charge in [0.15, 0.2) is 0 Å². The van der Waals surface area contributed by atoms with Crippen LogP contribution in [0.2, 0.25) is 0 Å². The van der Waals surface area contributed by atoms with Gasteiger partial charge in [0.05, 0.1) is 0 Å². The highest BCUT2D eigenvalue weighted by atomic mass is 16.4. The van der Waals surface area contributed by atoms with Crippen molar-refractivity contribution < 1.29 is 14.7 Å². The van der Waals surface area contributed by atoms with Crippen molar-refractivity contribution in [1.29, 1.82) is 0 Å². The van der Waals surface area contributed by atoms with Crippen molar-refractivity contribution in [1.82, 2.24) is 0 Å². The van der Waals surface area contributed by atoms with Gasteiger partial charge in [-0.1, -0.05) is 53.4 Å². The van der Waals surface area contributed by atoms with Crippen molar-refractivity contribution in [2.75, 3.05) is 0 Å². The molecule has 0 aliphatic heterocycles. The number of ketones is 1. The van der Waals surface area contributed by atoms with Crippen LogP contribution in [0.3, 0.4) is 0 Å². The van der Waals surface area contributed by atoms with Gasteiger partial charge in [0.25, 0.3) is 0 Å². The summed E-state index contributed by atoms with van der Waals surface area (Å²) in [5.74, 6) is 0.160. The number of carboxylic acids is 1. The van der Waals surface area contributed by atoms with E-state index in [2.05, 4.69) is 27.7 Å². The molecule has 0 radical (unpaired) electrons. The molecule has 0 heterocycles. The molecule has 0 aromatic heterocycles. The topological polar surface area (TPSA) is 54.4 Å². The van der Waals surface area contributed by atoms with Gasteiger partial charge in [-0.25, -0.2) is 0 Å². The van der Waals surface area contributed by atoms with Crippen LogP contribution in [0.5, 0.6) is 0 Å². The van der Waals surface area contributed by atoms with E-state index in [0.29, 0.717) is 11.8 Å². The van der Waals surface area contributed by atoms with Crippen molar-refractivity contribution in [3.05, 3.63) is 0 Å². The maximum Gasteiger partial charge on any atom is 0.310 e. The van der Waals surface area contributed by atoms with Crippen LogP contribution in [-0.4, -0.2) is 16.9 Å². The Kier molecular flexibility index (Phi) is 9.54. The lowest BCUT2D eigenvalue weighted by molar-refractivity contribution is -0.141. The highest BCUT2D eigenvalue weighted by Crippen LogP contribution is 2.21. The van der Waals surface area contributed by atoms with Gasteiger partial charge in [0.2, 0.25) is 0 Å². The Bertz CT molecular complexity index is 255. The maximum atomic E-state index is 11.9. The van der Waals surface area contributed by atoms with E-state index in [1.54, 1.807) is 0 Å². The van der Waals surface area contributed by atoms with Crippen molar-refractivity contribution in [3.63, 3.8) is 0 Å². The van der Waals surface area contributed by atoms with Crippen LogP contribution < -0.4 is 0 Å². The molecule has 0 atom stereocenters. The highest BCUT2D eigenvalue weighted by Gasteiger charge is 2.20. The molecule has 0 spiro atoms. The number of rotatable bonds is 11. The third kappa shape index (κ3) is 10.7. The van der Waals surface area contributed by atoms with Gasteiger partial charge in [0, 0.05) is 5.92 Å². The van der Waals surface area contributed by atoms with Crippen LogP contribution in [0.4, 0.5) is 0 Å². The second-order valence-corrected chi connectivity index (χ2v) is 6.38. The molecule has 1 N–H and O–H groups in total. The minimum atomic E-state index is -0.997. The quantitative estimate of drug-likeness (QED) is 0.569. The fraction of sp³-hybridized carbons (Fsp3) is 0.875. The molecule has 112 valence electrons. The van der Waals surface area contributed by atoms with Crippen molar-refractivity contribution >= 4 is 11.8 Å². The first-order valence-electron chi connectivity index (χ1n) is 7.57. The van der Waals surface area contributed by atoms with E-state index in [9.17, 15) is 9.59 Å². The Morgan fingerprint density at radius 2 is 1.26 bits per heavy atom. The summed E-state index contributed by atoms with van der Waals surface area (Å²) < 4.78 is 0. The molecular weight excluding hydrogens is 240 g/mol. The summed E-state index contributed by atoms with van der Waals surface area (Å²) in [5.41, 5.74) is 0. The monoisotopic (exact) mass is 270 g/mol. The van der Waals surface area contributed by atoms with E-state index < -0.39 is 5.97 Å². The largest absolute Gasteiger partial charge is 0.481 e. The Labute approximate surface area is 117 Å². The minimum absolute atomic E-state index is 0.0476. The van der Waals surface area contributed by atoms with E-state index in [-0.39, 0.29) is 18.1 Å². The summed E-state index contributed by atoms with van der Waals surface area (Å²) in [5, 5.41) is 8.74. The number of hydrogen-bond donors (Lipinski definition) is 1. The first-order valence-corrected chi connectivity index (χ1v) is 7.57. The molecule has 0 aliphatic carbocycles. The minimum Gasteiger partial charge on any atom is -0.481 e. The summed E-state index contributed by atoms with van der Waals surface area (Å²) in [6, 6.07) is 0. The van der Waals surface area contributed by atoms with E-state index in [0.717, 1.165) is 38.5 Å². The average Bonchev–Trinajstić information content (AvgIpc) is 2.25. The lowest BCUT2D eigenvalue weighted by Crippen LogP contribution is -2.18. The van der Waals surface area contributed by atoms with Gasteiger partial charge in [-0.15, -0.1) is 0 Å². The van der Waals surface area contributed by atoms with E-state index in [1.807, 2.05) is 0 Å². The Balaban J connectivity index is 4.20. The van der Waals surface area contributed by atoms with Gasteiger partial charge in [-0.3, -0.25) is 9.59 Å². The van der Waals surface area contributed by atoms with Crippen LogP contribution in [0, 0.1) is 17.8 Å². The van der Waals surface area contributed by atoms with Crippen LogP contribution in [0.15, 0.2) is 0 Å². The normalized spacial score (nSPS) is 11.5. The second-order valence-electron chi connectivity index (χ2n) is 6.38. The molecule has 0 aliphatic rings. The number of carbonyl (C=O) groups excluding carboxylic acids is 1. The fourth-order valence-corrected chi connectivity index (χ4v) is 2.30. The smallest absolute Gasteiger partial charge is 0.310 e. The van der Waals surface area contributed by atoms with E-state index >= 15 is 0 Å². The van der Waals surface area contributed by atoms with Gasteiger partial charge in [-0.2, -0.15) is 0 Å². The SMILES string of the molecule is CC(C)CCCC(CCCC(C)C)C(=O)CC(=O)O. The van der Waals surface area contributed by atoms with E-state index in [1.165, 1.54) is 0 Å². The molecule has 0 fully saturated rings. The summed E-state index contributed by atoms with van der Waals surface area (Å²) in [4.78, 5) is 22.6. The van der Waals surface area contributed by atoms with Crippen LogP contribution in [0.1, 0.15) is 72.6 Å². The molecule has 0 saturated heterocycles. The van der Waals surface area contributed by atoms with Crippen molar-refractivity contribution in [2.45, 2.75) is 72.6 Å². The molecule has 0 rings (SSSR count). The Morgan fingerprint density at radius 3 is 1.58 bits per heavy atom. The Morgan fingerprint density at radius 1 is 0.842 bits per heavy atom. The summed E-state index contributed by atoms with van der Waals surface area (Å²) in [6.45, 7) is 8.69. The molecule has 19 heavy (non-hydrogen) atoms. The van der Waals surface area contributed by atoms with Gasteiger partial charge in [0.1, 0.15) is 12.2 Å². The molecule has 3 nitrogen and oxygen atoms in total. The lowest BCUT2D eigenvalue weighted by Gasteiger charge is -2.16. The van der Waals surface area contributed by atoms with Crippen molar-refractivity contribution in [2.24, 2.45) is 17.8 Å². The maximum absolute atomic E-state index is 11.9. The standard InChI is InChI=1S/C16H30O3/c1-12(2)7-5-9-14(10-6-8-13(3)4)15(17)11-16(18)19/h12-14H,5-11H2,1-4H3,(H,18,19).